The summed E-state index contributed by atoms with van der Waals surface area (Å²) >= 11 is 0. The SMILES string of the molecule is CC(C)(C)OC(=O)CC[C@@H](CO)NC(=O)c1cccc(CNC(=O)[C@@]23C[C@H]4OC(=O)[C@@H]2N(Cc2cccc(C=C5CCC6O[C@]6(C)CC[C@@H]6[C@@H]5CC6(C)C)c2)O[C@@H]3[C@H]2OCO[C@H]24)c1. The average molecular weight is 870 g/mol. The number of carbonyl (C=O) groups is 4. The first-order valence-corrected chi connectivity index (χ1v) is 22.8. The van der Waals surface area contributed by atoms with Crippen LogP contribution in [0.5, 0.6) is 0 Å². The van der Waals surface area contributed by atoms with Gasteiger partial charge in [-0.25, -0.2) is 0 Å². The first-order chi connectivity index (χ1) is 30.0. The van der Waals surface area contributed by atoms with Crippen molar-refractivity contribution in [3.8, 4) is 0 Å². The molecule has 11 atom stereocenters. The molecule has 4 saturated heterocycles. The Kier molecular flexibility index (Phi) is 11.7. The van der Waals surface area contributed by atoms with Crippen molar-refractivity contribution in [2.75, 3.05) is 13.4 Å². The average Bonchev–Trinajstić information content (AvgIpc) is 3.50. The largest absolute Gasteiger partial charge is 0.460 e. The van der Waals surface area contributed by atoms with Crippen LogP contribution in [0.2, 0.25) is 0 Å². The van der Waals surface area contributed by atoms with Crippen LogP contribution in [-0.4, -0.2) is 101 Å². The van der Waals surface area contributed by atoms with Crippen LogP contribution >= 0.6 is 0 Å². The summed E-state index contributed by atoms with van der Waals surface area (Å²) in [6.07, 6.45) is 5.94. The summed E-state index contributed by atoms with van der Waals surface area (Å²) < 4.78 is 29.5. The van der Waals surface area contributed by atoms with Crippen molar-refractivity contribution >= 4 is 29.8 Å². The number of aliphatic hydroxyl groups is 1. The second-order valence-corrected chi connectivity index (χ2v) is 20.8. The number of benzene rings is 2. The number of carbonyl (C=O) groups excluding carboxylic acids is 4. The molecule has 63 heavy (non-hydrogen) atoms. The van der Waals surface area contributed by atoms with Gasteiger partial charge in [0, 0.05) is 24.9 Å². The van der Waals surface area contributed by atoms with E-state index in [0.717, 1.165) is 30.4 Å². The van der Waals surface area contributed by atoms with Crippen LogP contribution in [0.25, 0.3) is 6.08 Å². The van der Waals surface area contributed by atoms with Gasteiger partial charge in [-0.2, -0.15) is 5.06 Å². The molecule has 1 unspecified atom stereocenters. The molecule has 2 bridgehead atoms. The molecule has 3 saturated carbocycles. The molecule has 14 nitrogen and oxygen atoms in total. The molecule has 2 aromatic rings. The number of allylic oxidation sites excluding steroid dienone is 1. The number of hydrogen-bond acceptors (Lipinski definition) is 12. The highest BCUT2D eigenvalue weighted by molar-refractivity contribution is 5.95. The number of amides is 2. The predicted octanol–water partition coefficient (Wildman–Crippen LogP) is 5.53. The Morgan fingerprint density at radius 1 is 1.02 bits per heavy atom. The van der Waals surface area contributed by atoms with Gasteiger partial charge in [0.25, 0.3) is 5.91 Å². The summed E-state index contributed by atoms with van der Waals surface area (Å²) in [6, 6.07) is 13.4. The number of aliphatic hydroxyl groups excluding tert-OH is 1. The molecular formula is C49H63N3O11. The van der Waals surface area contributed by atoms with E-state index < -0.39 is 65.4 Å². The lowest BCUT2D eigenvalue weighted by molar-refractivity contribution is -0.201. The highest BCUT2D eigenvalue weighted by Crippen LogP contribution is 2.60. The number of hydrogen-bond donors (Lipinski definition) is 3. The van der Waals surface area contributed by atoms with Gasteiger partial charge in [-0.15, -0.1) is 0 Å². The topological polar surface area (TPSA) is 174 Å². The summed E-state index contributed by atoms with van der Waals surface area (Å²) in [5, 5.41) is 17.4. The molecule has 7 aliphatic rings. The van der Waals surface area contributed by atoms with Crippen molar-refractivity contribution < 1.29 is 52.8 Å². The maximum atomic E-state index is 14.7. The number of ether oxygens (including phenoxy) is 5. The van der Waals surface area contributed by atoms with E-state index >= 15 is 0 Å². The molecular weight excluding hydrogens is 807 g/mol. The molecule has 9 rings (SSSR count). The summed E-state index contributed by atoms with van der Waals surface area (Å²) in [5.41, 5.74) is 2.83. The van der Waals surface area contributed by atoms with Gasteiger partial charge in [-0.3, -0.25) is 24.0 Å². The van der Waals surface area contributed by atoms with Crippen LogP contribution in [0.4, 0.5) is 0 Å². The maximum Gasteiger partial charge on any atom is 0.327 e. The van der Waals surface area contributed by atoms with Crippen molar-refractivity contribution in [3.63, 3.8) is 0 Å². The van der Waals surface area contributed by atoms with Gasteiger partial charge < -0.3 is 39.4 Å². The van der Waals surface area contributed by atoms with Gasteiger partial charge in [0.05, 0.1) is 30.9 Å². The molecule has 0 radical (unpaired) electrons. The maximum absolute atomic E-state index is 14.7. The van der Waals surface area contributed by atoms with Crippen LogP contribution in [-0.2, 0) is 56.0 Å². The summed E-state index contributed by atoms with van der Waals surface area (Å²) in [7, 11) is 0. The molecule has 340 valence electrons. The van der Waals surface area contributed by atoms with Crippen LogP contribution in [0, 0.1) is 22.7 Å². The minimum Gasteiger partial charge on any atom is -0.460 e. The van der Waals surface area contributed by atoms with Gasteiger partial charge >= 0.3 is 11.9 Å². The minimum absolute atomic E-state index is 0.000463. The first-order valence-electron chi connectivity index (χ1n) is 22.8. The summed E-state index contributed by atoms with van der Waals surface area (Å²) in [4.78, 5) is 61.0. The van der Waals surface area contributed by atoms with Gasteiger partial charge in [0.2, 0.25) is 5.91 Å². The first kappa shape index (κ1) is 44.0. The van der Waals surface area contributed by atoms with E-state index in [-0.39, 0.29) is 57.3 Å². The monoisotopic (exact) mass is 869 g/mol. The normalized spacial score (nSPS) is 35.0. The molecule has 14 heteroatoms. The lowest BCUT2D eigenvalue weighted by Crippen LogP contribution is -2.69. The Bertz CT molecular complexity index is 2150. The van der Waals surface area contributed by atoms with Crippen molar-refractivity contribution in [2.24, 2.45) is 22.7 Å². The number of rotatable bonds is 12. The third kappa shape index (κ3) is 8.59. The Morgan fingerprint density at radius 3 is 2.57 bits per heavy atom. The zero-order chi connectivity index (χ0) is 44.5. The highest BCUT2D eigenvalue weighted by Gasteiger charge is 2.74. The molecule has 3 aliphatic carbocycles. The summed E-state index contributed by atoms with van der Waals surface area (Å²) in [5.74, 6) is -0.584. The Balaban J connectivity index is 0.904. The van der Waals surface area contributed by atoms with E-state index in [4.69, 9.17) is 28.5 Å². The Hall–Kier alpha value is -4.18. The van der Waals surface area contributed by atoms with Crippen LogP contribution in [0.3, 0.4) is 0 Å². The second-order valence-electron chi connectivity index (χ2n) is 20.8. The lowest BCUT2D eigenvalue weighted by Gasteiger charge is -2.53. The lowest BCUT2D eigenvalue weighted by atomic mass is 9.52. The molecule has 2 amide bonds. The molecule has 4 aliphatic heterocycles. The molecule has 2 aromatic carbocycles. The van der Waals surface area contributed by atoms with E-state index in [1.165, 1.54) is 18.4 Å². The third-order valence-corrected chi connectivity index (χ3v) is 14.8. The standard InChI is InChI=1S/C49H63N3O11/c1-46(2,3)62-38(54)16-14-33(26-53)51-43(55)32-12-8-10-29(21-32)24-50-45(57)49-23-36-39-40(59-27-58-39)42(49)63-52(41(49)44(56)60-36)25-30-11-7-9-28(19-30)20-31-13-15-37-48(6,61-37)18-17-35-34(31)22-47(35,4)5/h7-12,19-21,33-37,39-42,53H,13-18,22-27H2,1-6H3,(H,50,57)(H,51,55)/t33-,34+,35+,36+,37?,39-,40-,41-,42+,48+,49-/m0/s1. The van der Waals surface area contributed by atoms with Crippen molar-refractivity contribution in [3.05, 3.63) is 76.4 Å². The van der Waals surface area contributed by atoms with Crippen LogP contribution < -0.4 is 10.6 Å². The number of nitrogens with zero attached hydrogens (tertiary/aromatic N) is 1. The van der Waals surface area contributed by atoms with Crippen molar-refractivity contribution in [2.45, 2.75) is 160 Å². The van der Waals surface area contributed by atoms with Gasteiger partial charge in [-0.1, -0.05) is 61.9 Å². The van der Waals surface area contributed by atoms with Gasteiger partial charge in [-0.05, 0) is 112 Å². The Labute approximate surface area is 369 Å². The predicted molar refractivity (Wildman–Crippen MR) is 229 cm³/mol. The fraction of sp³-hybridized carbons (Fsp3) is 0.633. The number of esters is 2. The third-order valence-electron chi connectivity index (χ3n) is 14.8. The van der Waals surface area contributed by atoms with Crippen LogP contribution in [0.1, 0.15) is 120 Å². The van der Waals surface area contributed by atoms with E-state index in [1.54, 1.807) is 50.1 Å². The van der Waals surface area contributed by atoms with Gasteiger partial charge in [0.1, 0.15) is 42.2 Å². The van der Waals surface area contributed by atoms with E-state index in [1.807, 2.05) is 12.1 Å². The van der Waals surface area contributed by atoms with Crippen molar-refractivity contribution in [1.82, 2.24) is 15.7 Å². The quantitative estimate of drug-likeness (QED) is 0.180. The number of fused-ring (bicyclic) bond motifs is 6. The fourth-order valence-electron chi connectivity index (χ4n) is 11.5. The van der Waals surface area contributed by atoms with Crippen molar-refractivity contribution in [1.29, 1.82) is 0 Å². The second kappa shape index (κ2) is 16.7. The number of nitrogens with one attached hydrogen (secondary N) is 2. The summed E-state index contributed by atoms with van der Waals surface area (Å²) in [6.45, 7) is 12.4. The number of epoxide rings is 1. The van der Waals surface area contributed by atoms with Gasteiger partial charge in [0.15, 0.2) is 6.04 Å². The van der Waals surface area contributed by atoms with E-state index in [9.17, 15) is 24.3 Å². The molecule has 3 N–H and O–H groups in total. The zero-order valence-corrected chi connectivity index (χ0v) is 37.4. The smallest absolute Gasteiger partial charge is 0.327 e. The number of hydroxylamine groups is 2. The Morgan fingerprint density at radius 2 is 1.79 bits per heavy atom. The molecule has 0 spiro atoms. The molecule has 0 aromatic heterocycles. The zero-order valence-electron chi connectivity index (χ0n) is 37.4. The van der Waals surface area contributed by atoms with E-state index in [2.05, 4.69) is 49.6 Å². The van der Waals surface area contributed by atoms with E-state index in [0.29, 0.717) is 34.5 Å². The van der Waals surface area contributed by atoms with Crippen LogP contribution in [0.15, 0.2) is 54.1 Å². The fourth-order valence-corrected chi connectivity index (χ4v) is 11.5. The molecule has 4 heterocycles. The minimum atomic E-state index is -1.34. The highest BCUT2D eigenvalue weighted by atomic mass is 16.8. The molecule has 7 fully saturated rings.